The first-order chi connectivity index (χ1) is 13.4. The average Bonchev–Trinajstić information content (AvgIpc) is 3.15. The number of ether oxygens (including phenoxy) is 1. The number of benzene rings is 1. The molecular formula is C21H30N4O2S. The first kappa shape index (κ1) is 20.6. The van der Waals surface area contributed by atoms with Crippen molar-refractivity contribution < 1.29 is 9.53 Å². The van der Waals surface area contributed by atoms with Gasteiger partial charge in [-0.25, -0.2) is 4.79 Å². The third-order valence-corrected chi connectivity index (χ3v) is 5.84. The van der Waals surface area contributed by atoms with E-state index in [1.807, 2.05) is 38.4 Å². The fraction of sp³-hybridized carbons (Fsp3) is 0.476. The summed E-state index contributed by atoms with van der Waals surface area (Å²) in [6.45, 7) is 6.33. The van der Waals surface area contributed by atoms with Gasteiger partial charge in [0.2, 0.25) is 0 Å². The summed E-state index contributed by atoms with van der Waals surface area (Å²) in [6, 6.07) is 12.1. The lowest BCUT2D eigenvalue weighted by Crippen LogP contribution is -2.46. The molecule has 2 amide bonds. The summed E-state index contributed by atoms with van der Waals surface area (Å²) < 4.78 is 5.84. The molecule has 1 aliphatic heterocycles. The molecule has 2 N–H and O–H groups in total. The molecule has 0 bridgehead atoms. The Balaban J connectivity index is 1.64. The number of nitrogens with zero attached hydrogens (tertiary/aromatic N) is 2. The Hall–Kier alpha value is -2.09. The molecule has 152 valence electrons. The molecule has 1 fully saturated rings. The van der Waals surface area contributed by atoms with Crippen molar-refractivity contribution in [3.05, 3.63) is 46.7 Å². The first-order valence-electron chi connectivity index (χ1n) is 9.68. The molecule has 6 nitrogen and oxygen atoms in total. The van der Waals surface area contributed by atoms with E-state index in [4.69, 9.17) is 4.74 Å². The van der Waals surface area contributed by atoms with Crippen molar-refractivity contribution in [1.29, 1.82) is 0 Å². The second-order valence-electron chi connectivity index (χ2n) is 7.51. The summed E-state index contributed by atoms with van der Waals surface area (Å²) in [5.41, 5.74) is 1.85. The molecule has 3 atom stereocenters. The van der Waals surface area contributed by atoms with Crippen LogP contribution < -0.4 is 15.5 Å². The van der Waals surface area contributed by atoms with Crippen LogP contribution in [-0.4, -0.2) is 56.9 Å². The molecule has 2 aromatic rings. The van der Waals surface area contributed by atoms with E-state index in [0.717, 1.165) is 24.5 Å². The normalized spacial score (nSPS) is 20.8. The Morgan fingerprint density at radius 3 is 2.57 bits per heavy atom. The lowest BCUT2D eigenvalue weighted by atomic mass is 10.1. The van der Waals surface area contributed by atoms with Gasteiger partial charge < -0.3 is 25.2 Å². The summed E-state index contributed by atoms with van der Waals surface area (Å²) in [7, 11) is 4.06. The SMILES string of the molecule is C[C@@H]1CN(c2ccccc2NC(=O)NC[C@H](c2cccs2)N(C)C)C[C@@H](C)O1. The van der Waals surface area contributed by atoms with Crippen LogP contribution in [0.25, 0.3) is 0 Å². The number of anilines is 2. The van der Waals surface area contributed by atoms with E-state index in [-0.39, 0.29) is 24.3 Å². The zero-order chi connectivity index (χ0) is 20.1. The number of likely N-dealkylation sites (N-methyl/N-ethyl adjacent to an activating group) is 1. The maximum atomic E-state index is 12.6. The number of hydrogen-bond donors (Lipinski definition) is 2. The molecule has 3 rings (SSSR count). The molecule has 2 heterocycles. The van der Waals surface area contributed by atoms with Gasteiger partial charge in [0.25, 0.3) is 0 Å². The molecule has 0 saturated carbocycles. The molecule has 0 spiro atoms. The number of thiophene rings is 1. The lowest BCUT2D eigenvalue weighted by Gasteiger charge is -2.37. The Morgan fingerprint density at radius 2 is 1.93 bits per heavy atom. The quantitative estimate of drug-likeness (QED) is 0.772. The minimum absolute atomic E-state index is 0.155. The first-order valence-corrected chi connectivity index (χ1v) is 10.6. The molecule has 28 heavy (non-hydrogen) atoms. The van der Waals surface area contributed by atoms with Crippen LogP contribution in [0, 0.1) is 0 Å². The molecule has 1 saturated heterocycles. The van der Waals surface area contributed by atoms with Crippen LogP contribution in [0.3, 0.4) is 0 Å². The predicted molar refractivity (Wildman–Crippen MR) is 116 cm³/mol. The zero-order valence-electron chi connectivity index (χ0n) is 17.0. The van der Waals surface area contributed by atoms with Crippen molar-refractivity contribution in [2.45, 2.75) is 32.1 Å². The van der Waals surface area contributed by atoms with Crippen LogP contribution >= 0.6 is 11.3 Å². The topological polar surface area (TPSA) is 56.8 Å². The summed E-state index contributed by atoms with van der Waals surface area (Å²) >= 11 is 1.70. The Morgan fingerprint density at radius 1 is 1.21 bits per heavy atom. The third kappa shape index (κ3) is 5.25. The molecule has 1 aromatic carbocycles. The van der Waals surface area contributed by atoms with Crippen molar-refractivity contribution >= 4 is 28.7 Å². The number of morpholine rings is 1. The zero-order valence-corrected chi connectivity index (χ0v) is 17.8. The van der Waals surface area contributed by atoms with Crippen molar-refractivity contribution in [3.8, 4) is 0 Å². The Labute approximate surface area is 171 Å². The molecule has 0 aliphatic carbocycles. The number of para-hydroxylation sites is 2. The number of amides is 2. The Bertz CT molecular complexity index is 756. The fourth-order valence-corrected chi connectivity index (χ4v) is 4.53. The van der Waals surface area contributed by atoms with Gasteiger partial charge in [-0.1, -0.05) is 18.2 Å². The van der Waals surface area contributed by atoms with Gasteiger partial charge in [0.1, 0.15) is 0 Å². The van der Waals surface area contributed by atoms with E-state index in [1.165, 1.54) is 4.88 Å². The number of hydrogen-bond acceptors (Lipinski definition) is 5. The maximum absolute atomic E-state index is 12.6. The van der Waals surface area contributed by atoms with Gasteiger partial charge >= 0.3 is 6.03 Å². The van der Waals surface area contributed by atoms with Gasteiger partial charge in [-0.3, -0.25) is 0 Å². The van der Waals surface area contributed by atoms with Crippen molar-refractivity contribution in [2.75, 3.05) is 43.9 Å². The van der Waals surface area contributed by atoms with Crippen LogP contribution in [0.15, 0.2) is 41.8 Å². The summed E-state index contributed by atoms with van der Waals surface area (Å²) in [5, 5.41) is 8.11. The second-order valence-corrected chi connectivity index (χ2v) is 8.49. The Kier molecular flexibility index (Phi) is 6.93. The fourth-order valence-electron chi connectivity index (χ4n) is 3.60. The van der Waals surface area contributed by atoms with Gasteiger partial charge in [0.15, 0.2) is 0 Å². The molecule has 0 radical (unpaired) electrons. The van der Waals surface area contributed by atoms with E-state index in [2.05, 4.69) is 51.8 Å². The van der Waals surface area contributed by atoms with E-state index in [9.17, 15) is 4.79 Å². The number of carbonyl (C=O) groups excluding carboxylic acids is 1. The molecule has 1 aromatic heterocycles. The molecular weight excluding hydrogens is 372 g/mol. The van der Waals surface area contributed by atoms with Crippen molar-refractivity contribution in [1.82, 2.24) is 10.2 Å². The minimum atomic E-state index is -0.190. The largest absolute Gasteiger partial charge is 0.372 e. The highest BCUT2D eigenvalue weighted by molar-refractivity contribution is 7.10. The van der Waals surface area contributed by atoms with Crippen LogP contribution in [0.4, 0.5) is 16.2 Å². The smallest absolute Gasteiger partial charge is 0.319 e. The second kappa shape index (κ2) is 9.41. The maximum Gasteiger partial charge on any atom is 0.319 e. The van der Waals surface area contributed by atoms with Crippen LogP contribution in [-0.2, 0) is 4.74 Å². The molecule has 1 aliphatic rings. The van der Waals surface area contributed by atoms with E-state index in [1.54, 1.807) is 11.3 Å². The highest BCUT2D eigenvalue weighted by Gasteiger charge is 2.24. The van der Waals surface area contributed by atoms with Gasteiger partial charge in [0.05, 0.1) is 29.6 Å². The van der Waals surface area contributed by atoms with Crippen LogP contribution in [0.1, 0.15) is 24.8 Å². The van der Waals surface area contributed by atoms with E-state index in [0.29, 0.717) is 6.54 Å². The lowest BCUT2D eigenvalue weighted by molar-refractivity contribution is -0.00517. The minimum Gasteiger partial charge on any atom is -0.372 e. The summed E-state index contributed by atoms with van der Waals surface area (Å²) in [6.07, 6.45) is 0.328. The van der Waals surface area contributed by atoms with Gasteiger partial charge in [-0.05, 0) is 51.5 Å². The number of rotatable bonds is 6. The average molecular weight is 403 g/mol. The van der Waals surface area contributed by atoms with Crippen molar-refractivity contribution in [3.63, 3.8) is 0 Å². The van der Waals surface area contributed by atoms with Gasteiger partial charge in [-0.2, -0.15) is 0 Å². The van der Waals surface area contributed by atoms with E-state index >= 15 is 0 Å². The standard InChI is InChI=1S/C21H30N4O2S/c1-15-13-25(14-16(2)27-15)18-9-6-5-8-17(18)23-21(26)22-12-19(24(3)4)20-10-7-11-28-20/h5-11,15-16,19H,12-14H2,1-4H3,(H2,22,23,26)/t15-,16-,19-/m1/s1. The number of carbonyl (C=O) groups is 1. The highest BCUT2D eigenvalue weighted by atomic mass is 32.1. The van der Waals surface area contributed by atoms with Gasteiger partial charge in [0, 0.05) is 24.5 Å². The predicted octanol–water partition coefficient (Wildman–Crippen LogP) is 3.79. The van der Waals surface area contributed by atoms with Crippen molar-refractivity contribution in [2.24, 2.45) is 0 Å². The highest BCUT2D eigenvalue weighted by Crippen LogP contribution is 2.28. The van der Waals surface area contributed by atoms with Crippen LogP contribution in [0.2, 0.25) is 0 Å². The number of urea groups is 1. The summed E-state index contributed by atoms with van der Waals surface area (Å²) in [4.78, 5) is 18.2. The molecule has 7 heteroatoms. The van der Waals surface area contributed by atoms with Gasteiger partial charge in [-0.15, -0.1) is 11.3 Å². The molecule has 0 unspecified atom stereocenters. The van der Waals surface area contributed by atoms with Crippen LogP contribution in [0.5, 0.6) is 0 Å². The third-order valence-electron chi connectivity index (χ3n) is 4.86. The monoisotopic (exact) mass is 402 g/mol. The van der Waals surface area contributed by atoms with E-state index < -0.39 is 0 Å². The summed E-state index contributed by atoms with van der Waals surface area (Å²) in [5.74, 6) is 0. The number of nitrogens with one attached hydrogen (secondary N) is 2.